The quantitative estimate of drug-likeness (QED) is 0.484. The van der Waals surface area contributed by atoms with Gasteiger partial charge >= 0.3 is 5.97 Å². The van der Waals surface area contributed by atoms with Gasteiger partial charge in [0.05, 0.1) is 29.6 Å². The lowest BCUT2D eigenvalue weighted by molar-refractivity contribution is 0.0601. The molecular weight excluding hydrogens is 441 g/mol. The lowest BCUT2D eigenvalue weighted by atomic mass is 10.0. The van der Waals surface area contributed by atoms with E-state index in [-0.39, 0.29) is 28.2 Å². The van der Waals surface area contributed by atoms with E-state index in [0.29, 0.717) is 5.39 Å². The van der Waals surface area contributed by atoms with Crippen LogP contribution in [0, 0.1) is 0 Å². The highest BCUT2D eigenvalue weighted by Crippen LogP contribution is 2.27. The molecule has 11 heteroatoms. The summed E-state index contributed by atoms with van der Waals surface area (Å²) in [6.07, 6.45) is -4.16. The fourth-order valence-corrected chi connectivity index (χ4v) is 3.10. The zero-order valence-corrected chi connectivity index (χ0v) is 18.2. The number of ether oxygens (including phenoxy) is 1. The van der Waals surface area contributed by atoms with Crippen LogP contribution in [0.5, 0.6) is 0 Å². The molecule has 1 amide bonds. The zero-order valence-electron chi connectivity index (χ0n) is 18.2. The molecule has 0 aliphatic carbocycles. The highest BCUT2D eigenvalue weighted by molar-refractivity contribution is 6.09. The number of nitrogens with zero attached hydrogens (tertiary/aromatic N) is 3. The number of aromatic nitrogens is 3. The molecule has 0 aliphatic heterocycles. The number of nitrogens with one attached hydrogen (secondary N) is 1. The summed E-state index contributed by atoms with van der Waals surface area (Å²) in [5.41, 5.74) is -0.749. The lowest BCUT2D eigenvalue weighted by Gasteiger charge is -2.17. The van der Waals surface area contributed by atoms with E-state index in [0.717, 1.165) is 11.8 Å². The minimum atomic E-state index is -2.63. The van der Waals surface area contributed by atoms with Crippen molar-refractivity contribution in [1.29, 1.82) is 0 Å². The molecule has 0 radical (unpaired) electrons. The summed E-state index contributed by atoms with van der Waals surface area (Å²) in [7, 11) is 1.16. The topological polar surface area (TPSA) is 106 Å². The number of benzene rings is 1. The van der Waals surface area contributed by atoms with Crippen molar-refractivity contribution in [2.45, 2.75) is 45.0 Å². The van der Waals surface area contributed by atoms with Crippen LogP contribution < -0.4 is 5.32 Å². The van der Waals surface area contributed by atoms with Crippen molar-refractivity contribution in [3.8, 4) is 0 Å². The molecular formula is C22H23F3N4O4. The first-order chi connectivity index (χ1) is 15.5. The summed E-state index contributed by atoms with van der Waals surface area (Å²) in [5, 5.41) is 17.1. The van der Waals surface area contributed by atoms with Gasteiger partial charge in [-0.2, -0.15) is 5.10 Å². The van der Waals surface area contributed by atoms with E-state index in [4.69, 9.17) is 4.74 Å². The Balaban J connectivity index is 1.95. The Kier molecular flexibility index (Phi) is 7.01. The zero-order chi connectivity index (χ0) is 24.3. The molecule has 8 nitrogen and oxygen atoms in total. The number of alkyl halides is 3. The molecule has 2 aromatic heterocycles. The smallest absolute Gasteiger partial charge is 0.340 e. The predicted octanol–water partition coefficient (Wildman–Crippen LogP) is 4.21. The molecule has 2 N–H and O–H groups in total. The van der Waals surface area contributed by atoms with Crippen LogP contribution in [0.4, 0.5) is 18.9 Å². The van der Waals surface area contributed by atoms with Gasteiger partial charge in [0.25, 0.3) is 5.91 Å². The Morgan fingerprint density at radius 1 is 1.21 bits per heavy atom. The maximum absolute atomic E-state index is 14.3. The molecule has 1 unspecified atom stereocenters. The number of fused-ring (bicyclic) bond motifs is 1. The number of hydrogen-bond acceptors (Lipinski definition) is 6. The first kappa shape index (κ1) is 24.2. The van der Waals surface area contributed by atoms with Gasteiger partial charge in [-0.3, -0.25) is 4.79 Å². The third kappa shape index (κ3) is 5.67. The van der Waals surface area contributed by atoms with E-state index in [1.54, 1.807) is 12.1 Å². The summed E-state index contributed by atoms with van der Waals surface area (Å²) < 4.78 is 44.8. The summed E-state index contributed by atoms with van der Waals surface area (Å²) in [5.74, 6) is -1.42. The van der Waals surface area contributed by atoms with Crippen LogP contribution >= 0.6 is 0 Å². The van der Waals surface area contributed by atoms with Crippen molar-refractivity contribution < 1.29 is 32.6 Å². The molecule has 1 atom stereocenters. The number of carbonyl (C=O) groups is 2. The number of halogens is 3. The molecule has 176 valence electrons. The Labute approximate surface area is 187 Å². The van der Waals surface area contributed by atoms with Crippen molar-refractivity contribution in [1.82, 2.24) is 14.8 Å². The molecule has 1 aromatic carbocycles. The molecule has 0 saturated heterocycles. The molecule has 33 heavy (non-hydrogen) atoms. The van der Waals surface area contributed by atoms with E-state index in [2.05, 4.69) is 15.4 Å². The van der Waals surface area contributed by atoms with Gasteiger partial charge in [0.2, 0.25) is 6.43 Å². The number of anilines is 1. The average Bonchev–Trinajstić information content (AvgIpc) is 3.19. The number of methoxy groups -OCH3 is 1. The third-order valence-corrected chi connectivity index (χ3v) is 4.83. The van der Waals surface area contributed by atoms with Crippen LogP contribution in [0.2, 0.25) is 0 Å². The highest BCUT2D eigenvalue weighted by atomic mass is 19.3. The first-order valence-electron chi connectivity index (χ1n) is 10.0. The third-order valence-electron chi connectivity index (χ3n) is 4.83. The second-order valence-corrected chi connectivity index (χ2v) is 7.88. The van der Waals surface area contributed by atoms with Crippen LogP contribution in [0.3, 0.4) is 0 Å². The number of aliphatic hydroxyl groups is 1. The number of amides is 1. The maximum atomic E-state index is 14.3. The Hall–Kier alpha value is -3.47. The Morgan fingerprint density at radius 3 is 2.58 bits per heavy atom. The fraction of sp³-hybridized carbons (Fsp3) is 0.364. The van der Waals surface area contributed by atoms with Crippen LogP contribution in [-0.2, 0) is 10.3 Å². The van der Waals surface area contributed by atoms with E-state index in [1.807, 2.05) is 0 Å². The van der Waals surface area contributed by atoms with Crippen molar-refractivity contribution in [3.05, 3.63) is 53.5 Å². The predicted molar refractivity (Wildman–Crippen MR) is 114 cm³/mol. The van der Waals surface area contributed by atoms with E-state index in [9.17, 15) is 27.9 Å². The van der Waals surface area contributed by atoms with Gasteiger partial charge in [-0.15, -0.1) is 0 Å². The first-order valence-corrected chi connectivity index (χ1v) is 10.0. The molecule has 0 bridgehead atoms. The van der Waals surface area contributed by atoms with Crippen LogP contribution in [0.1, 0.15) is 59.5 Å². The summed E-state index contributed by atoms with van der Waals surface area (Å²) in [4.78, 5) is 29.2. The maximum Gasteiger partial charge on any atom is 0.340 e. The average molecular weight is 464 g/mol. The number of hydrogen-bond donors (Lipinski definition) is 2. The fourth-order valence-electron chi connectivity index (χ4n) is 3.10. The second kappa shape index (κ2) is 9.57. The van der Waals surface area contributed by atoms with Crippen molar-refractivity contribution in [3.63, 3.8) is 0 Å². The second-order valence-electron chi connectivity index (χ2n) is 7.88. The van der Waals surface area contributed by atoms with Gasteiger partial charge < -0.3 is 15.2 Å². The van der Waals surface area contributed by atoms with Crippen molar-refractivity contribution in [2.24, 2.45) is 0 Å². The van der Waals surface area contributed by atoms with Gasteiger partial charge in [-0.25, -0.2) is 27.6 Å². The number of carbonyl (C=O) groups excluding carboxylic acids is 2. The SMILES string of the molecule is COC(=O)c1cc2nn(C(F)CCC(F)F)cc2cc1NC(=O)c1cccc(C(C)(C)O)n1. The Bertz CT molecular complexity index is 1170. The summed E-state index contributed by atoms with van der Waals surface area (Å²) >= 11 is 0. The summed E-state index contributed by atoms with van der Waals surface area (Å²) in [6, 6.07) is 7.29. The standard InChI is InChI=1S/C22H23F3N4O4/c1-22(2,32)17-6-4-5-14(26-17)20(30)27-16-9-12-11-29(19(25)8-7-18(23)24)28-15(12)10-13(16)21(31)33-3/h4-6,9-11,18-19,32H,7-8H2,1-3H3,(H,27,30). The molecule has 3 aromatic rings. The number of esters is 1. The minimum Gasteiger partial charge on any atom is -0.465 e. The van der Waals surface area contributed by atoms with Gasteiger partial charge in [-0.1, -0.05) is 6.07 Å². The monoisotopic (exact) mass is 464 g/mol. The molecule has 0 fully saturated rings. The van der Waals surface area contributed by atoms with E-state index in [1.165, 1.54) is 38.2 Å². The van der Waals surface area contributed by atoms with Crippen molar-refractivity contribution in [2.75, 3.05) is 12.4 Å². The minimum absolute atomic E-state index is 0.00273. The van der Waals surface area contributed by atoms with Crippen LogP contribution in [0.15, 0.2) is 36.5 Å². The normalized spacial score (nSPS) is 12.7. The number of pyridine rings is 1. The van der Waals surface area contributed by atoms with E-state index < -0.39 is 43.0 Å². The van der Waals surface area contributed by atoms with Gasteiger partial charge in [0.15, 0.2) is 6.30 Å². The lowest BCUT2D eigenvalue weighted by Crippen LogP contribution is -2.21. The molecule has 0 aliphatic rings. The van der Waals surface area contributed by atoms with E-state index >= 15 is 0 Å². The van der Waals surface area contributed by atoms with Gasteiger partial charge in [-0.05, 0) is 38.1 Å². The molecule has 0 spiro atoms. The Morgan fingerprint density at radius 2 is 1.94 bits per heavy atom. The number of rotatable bonds is 8. The van der Waals surface area contributed by atoms with Crippen molar-refractivity contribution >= 4 is 28.5 Å². The molecule has 0 saturated carbocycles. The van der Waals surface area contributed by atoms with Crippen LogP contribution in [-0.4, -0.2) is 45.3 Å². The van der Waals surface area contributed by atoms with Gasteiger partial charge in [0, 0.05) is 24.4 Å². The highest BCUT2D eigenvalue weighted by Gasteiger charge is 2.22. The summed E-state index contributed by atoms with van der Waals surface area (Å²) in [6.45, 7) is 3.05. The van der Waals surface area contributed by atoms with Gasteiger partial charge in [0.1, 0.15) is 11.3 Å². The van der Waals surface area contributed by atoms with Crippen LogP contribution in [0.25, 0.3) is 10.9 Å². The molecule has 3 rings (SSSR count). The molecule has 2 heterocycles. The largest absolute Gasteiger partial charge is 0.465 e.